The Morgan fingerprint density at radius 3 is 2.95 bits per heavy atom. The topological polar surface area (TPSA) is 41.6 Å². The predicted octanol–water partition coefficient (Wildman–Crippen LogP) is 3.08. The number of imidazole rings is 1. The number of hydrogen-bond donors (Lipinski definition) is 0. The molecule has 1 unspecified atom stereocenters. The van der Waals surface area contributed by atoms with Crippen molar-refractivity contribution in [2.75, 3.05) is 0 Å². The first-order valence-corrected chi connectivity index (χ1v) is 5.99. The van der Waals surface area contributed by atoms with Gasteiger partial charge in [-0.3, -0.25) is 0 Å². The lowest BCUT2D eigenvalue weighted by Gasteiger charge is -2.07. The molecule has 1 aliphatic rings. The van der Waals surface area contributed by atoms with Crippen molar-refractivity contribution in [3.63, 3.8) is 0 Å². The SMILES string of the molecule is N#Cc1cccc(-c2nccn2CC2CC2(F)F)c1. The van der Waals surface area contributed by atoms with Gasteiger partial charge in [-0.1, -0.05) is 12.1 Å². The maximum absolute atomic E-state index is 13.0. The molecule has 0 spiro atoms. The molecule has 0 amide bonds. The molecule has 1 saturated carbocycles. The van der Waals surface area contributed by atoms with E-state index in [9.17, 15) is 8.78 Å². The van der Waals surface area contributed by atoms with Gasteiger partial charge in [-0.15, -0.1) is 0 Å². The maximum atomic E-state index is 13.0. The summed E-state index contributed by atoms with van der Waals surface area (Å²) in [7, 11) is 0. The smallest absolute Gasteiger partial charge is 0.253 e. The molecule has 1 aromatic heterocycles. The second-order valence-corrected chi connectivity index (χ2v) is 4.76. The van der Waals surface area contributed by atoms with Gasteiger partial charge < -0.3 is 4.57 Å². The van der Waals surface area contributed by atoms with Gasteiger partial charge in [0.2, 0.25) is 0 Å². The van der Waals surface area contributed by atoms with Crippen LogP contribution in [-0.2, 0) is 6.54 Å². The van der Waals surface area contributed by atoms with Crippen LogP contribution >= 0.6 is 0 Å². The third kappa shape index (κ3) is 2.22. The standard InChI is InChI=1S/C14H11F2N3/c15-14(16)7-12(14)9-19-5-4-18-13(19)11-3-1-2-10(6-11)8-17/h1-6,12H,7,9H2. The van der Waals surface area contributed by atoms with Crippen molar-refractivity contribution in [1.29, 1.82) is 5.26 Å². The number of hydrogen-bond acceptors (Lipinski definition) is 2. The average molecular weight is 259 g/mol. The molecule has 0 bridgehead atoms. The molecular formula is C14H11F2N3. The summed E-state index contributed by atoms with van der Waals surface area (Å²) in [4.78, 5) is 4.20. The van der Waals surface area contributed by atoms with Crippen LogP contribution in [0.5, 0.6) is 0 Å². The molecule has 2 aromatic rings. The van der Waals surface area contributed by atoms with Gasteiger partial charge in [-0.2, -0.15) is 5.26 Å². The summed E-state index contributed by atoms with van der Waals surface area (Å²) in [5.41, 5.74) is 1.30. The van der Waals surface area contributed by atoms with Crippen LogP contribution in [0, 0.1) is 17.2 Å². The lowest BCUT2D eigenvalue weighted by molar-refractivity contribution is 0.0952. The van der Waals surface area contributed by atoms with Crippen LogP contribution in [0.2, 0.25) is 0 Å². The Hall–Kier alpha value is -2.22. The molecule has 1 heterocycles. The fourth-order valence-corrected chi connectivity index (χ4v) is 2.15. The molecule has 1 atom stereocenters. The van der Waals surface area contributed by atoms with E-state index in [0.29, 0.717) is 11.4 Å². The minimum atomic E-state index is -2.53. The monoisotopic (exact) mass is 259 g/mol. The molecule has 1 fully saturated rings. The van der Waals surface area contributed by atoms with Gasteiger partial charge in [-0.05, 0) is 12.1 Å². The molecule has 0 aliphatic heterocycles. The summed E-state index contributed by atoms with van der Waals surface area (Å²) in [5.74, 6) is -2.50. The van der Waals surface area contributed by atoms with E-state index in [4.69, 9.17) is 5.26 Å². The largest absolute Gasteiger partial charge is 0.330 e. The zero-order valence-electron chi connectivity index (χ0n) is 10.1. The van der Waals surface area contributed by atoms with Crippen molar-refractivity contribution in [2.45, 2.75) is 18.9 Å². The highest BCUT2D eigenvalue weighted by atomic mass is 19.3. The Kier molecular flexibility index (Phi) is 2.59. The van der Waals surface area contributed by atoms with Crippen molar-refractivity contribution >= 4 is 0 Å². The maximum Gasteiger partial charge on any atom is 0.253 e. The first-order valence-electron chi connectivity index (χ1n) is 5.99. The van der Waals surface area contributed by atoms with Crippen LogP contribution in [-0.4, -0.2) is 15.5 Å². The molecule has 0 N–H and O–H groups in total. The van der Waals surface area contributed by atoms with Gasteiger partial charge >= 0.3 is 0 Å². The average Bonchev–Trinajstić information content (AvgIpc) is 2.81. The van der Waals surface area contributed by atoms with E-state index in [1.165, 1.54) is 0 Å². The second kappa shape index (κ2) is 4.16. The van der Waals surface area contributed by atoms with Gasteiger partial charge in [0.15, 0.2) is 0 Å². The van der Waals surface area contributed by atoms with E-state index in [0.717, 1.165) is 5.56 Å². The van der Waals surface area contributed by atoms with Crippen molar-refractivity contribution in [1.82, 2.24) is 9.55 Å². The van der Waals surface area contributed by atoms with Gasteiger partial charge in [0, 0.05) is 36.8 Å². The predicted molar refractivity (Wildman–Crippen MR) is 65.4 cm³/mol. The Morgan fingerprint density at radius 1 is 1.47 bits per heavy atom. The summed E-state index contributed by atoms with van der Waals surface area (Å²) >= 11 is 0. The van der Waals surface area contributed by atoms with Crippen LogP contribution < -0.4 is 0 Å². The van der Waals surface area contributed by atoms with Crippen molar-refractivity contribution in [3.8, 4) is 17.5 Å². The minimum Gasteiger partial charge on any atom is -0.330 e. The number of alkyl halides is 2. The van der Waals surface area contributed by atoms with Crippen LogP contribution in [0.3, 0.4) is 0 Å². The molecule has 3 nitrogen and oxygen atoms in total. The molecular weight excluding hydrogens is 248 g/mol. The highest BCUT2D eigenvalue weighted by Crippen LogP contribution is 2.49. The number of rotatable bonds is 3. The van der Waals surface area contributed by atoms with E-state index in [1.807, 2.05) is 6.07 Å². The zero-order valence-corrected chi connectivity index (χ0v) is 10.1. The molecule has 96 valence electrons. The van der Waals surface area contributed by atoms with E-state index in [1.54, 1.807) is 35.2 Å². The Bertz CT molecular complexity index is 655. The first kappa shape index (κ1) is 11.8. The second-order valence-electron chi connectivity index (χ2n) is 4.76. The molecule has 5 heteroatoms. The molecule has 1 aromatic carbocycles. The highest BCUT2D eigenvalue weighted by molar-refractivity contribution is 5.58. The minimum absolute atomic E-state index is 0.0527. The van der Waals surface area contributed by atoms with E-state index in [-0.39, 0.29) is 13.0 Å². The number of aromatic nitrogens is 2. The van der Waals surface area contributed by atoms with Crippen LogP contribution in [0.15, 0.2) is 36.7 Å². The number of benzene rings is 1. The summed E-state index contributed by atoms with van der Waals surface area (Å²) in [6.07, 6.45) is 3.24. The Morgan fingerprint density at radius 2 is 2.26 bits per heavy atom. The highest BCUT2D eigenvalue weighted by Gasteiger charge is 2.56. The third-order valence-corrected chi connectivity index (χ3v) is 3.34. The van der Waals surface area contributed by atoms with E-state index in [2.05, 4.69) is 11.1 Å². The summed E-state index contributed by atoms with van der Waals surface area (Å²) < 4.78 is 27.7. The van der Waals surface area contributed by atoms with Crippen molar-refractivity contribution in [3.05, 3.63) is 42.2 Å². The van der Waals surface area contributed by atoms with Crippen molar-refractivity contribution in [2.24, 2.45) is 5.92 Å². The summed E-state index contributed by atoms with van der Waals surface area (Å²) in [5, 5.41) is 8.88. The Balaban J connectivity index is 1.89. The van der Waals surface area contributed by atoms with Gasteiger partial charge in [0.05, 0.1) is 11.6 Å². The molecule has 3 rings (SSSR count). The fraction of sp³-hybridized carbons (Fsp3) is 0.286. The Labute approximate surface area is 109 Å². The first-order chi connectivity index (χ1) is 9.10. The van der Waals surface area contributed by atoms with E-state index >= 15 is 0 Å². The fourth-order valence-electron chi connectivity index (χ4n) is 2.15. The van der Waals surface area contributed by atoms with Gasteiger partial charge in [-0.25, -0.2) is 13.8 Å². The molecule has 19 heavy (non-hydrogen) atoms. The van der Waals surface area contributed by atoms with Gasteiger partial charge in [0.1, 0.15) is 5.82 Å². The summed E-state index contributed by atoms with van der Waals surface area (Å²) in [6.45, 7) is 0.263. The molecule has 0 saturated heterocycles. The van der Waals surface area contributed by atoms with Crippen molar-refractivity contribution < 1.29 is 8.78 Å². The number of nitrogens with zero attached hydrogens (tertiary/aromatic N) is 3. The molecule has 0 radical (unpaired) electrons. The quantitative estimate of drug-likeness (QED) is 0.850. The lowest BCUT2D eigenvalue weighted by Crippen LogP contribution is -2.06. The zero-order chi connectivity index (χ0) is 13.5. The third-order valence-electron chi connectivity index (χ3n) is 3.34. The van der Waals surface area contributed by atoms with E-state index < -0.39 is 11.8 Å². The van der Waals surface area contributed by atoms with Gasteiger partial charge in [0.25, 0.3) is 5.92 Å². The molecule has 1 aliphatic carbocycles. The van der Waals surface area contributed by atoms with Crippen LogP contribution in [0.25, 0.3) is 11.4 Å². The van der Waals surface area contributed by atoms with Crippen LogP contribution in [0.4, 0.5) is 8.78 Å². The number of halogens is 2. The van der Waals surface area contributed by atoms with Crippen LogP contribution in [0.1, 0.15) is 12.0 Å². The lowest BCUT2D eigenvalue weighted by atomic mass is 10.1. The normalized spacial score (nSPS) is 19.9. The number of nitriles is 1. The summed E-state index contributed by atoms with van der Waals surface area (Å²) in [6, 6.07) is 9.06.